The molecular formula is C28H32N4S. The first-order valence-corrected chi connectivity index (χ1v) is 12.8. The third kappa shape index (κ3) is 5.89. The van der Waals surface area contributed by atoms with Crippen molar-refractivity contribution in [1.82, 2.24) is 5.32 Å². The Bertz CT molecular complexity index is 1120. The first-order chi connectivity index (χ1) is 16.2. The molecule has 5 heteroatoms. The quantitative estimate of drug-likeness (QED) is 0.324. The predicted molar refractivity (Wildman–Crippen MR) is 144 cm³/mol. The molecule has 0 saturated carbocycles. The van der Waals surface area contributed by atoms with Gasteiger partial charge in [0.05, 0.1) is 5.70 Å². The SMILES string of the molecule is C#Cc1cc(NC2=NCCCN2)c(C)cc1CCS/C=C(\N=C)c1ccc2c(c1)CCCC2. The van der Waals surface area contributed by atoms with Crippen LogP contribution in [0.1, 0.15) is 52.6 Å². The van der Waals surface area contributed by atoms with Crippen molar-refractivity contribution in [1.29, 1.82) is 0 Å². The van der Waals surface area contributed by atoms with E-state index in [1.165, 1.54) is 47.9 Å². The van der Waals surface area contributed by atoms with Gasteiger partial charge in [-0.2, -0.15) is 0 Å². The maximum atomic E-state index is 5.84. The molecule has 2 aromatic carbocycles. The summed E-state index contributed by atoms with van der Waals surface area (Å²) in [6.07, 6.45) is 12.8. The summed E-state index contributed by atoms with van der Waals surface area (Å²) in [7, 11) is 0. The molecule has 0 saturated heterocycles. The highest BCUT2D eigenvalue weighted by molar-refractivity contribution is 8.02. The number of aliphatic imine (C=N–C) groups is 2. The van der Waals surface area contributed by atoms with Crippen LogP contribution in [0.25, 0.3) is 5.70 Å². The van der Waals surface area contributed by atoms with Gasteiger partial charge < -0.3 is 10.6 Å². The normalized spacial score (nSPS) is 15.6. The Hall–Kier alpha value is -2.97. The molecule has 0 spiro atoms. The van der Waals surface area contributed by atoms with Crippen molar-refractivity contribution in [3.8, 4) is 12.3 Å². The van der Waals surface area contributed by atoms with Crippen molar-refractivity contribution >= 4 is 35.8 Å². The average Bonchev–Trinajstić information content (AvgIpc) is 2.86. The Morgan fingerprint density at radius 1 is 1.24 bits per heavy atom. The molecule has 4 rings (SSSR count). The Labute approximate surface area is 202 Å². The number of guanidine groups is 1. The highest BCUT2D eigenvalue weighted by Gasteiger charge is 2.12. The highest BCUT2D eigenvalue weighted by atomic mass is 32.2. The summed E-state index contributed by atoms with van der Waals surface area (Å²) in [6.45, 7) is 7.71. The maximum absolute atomic E-state index is 5.84. The lowest BCUT2D eigenvalue weighted by atomic mass is 9.90. The Kier molecular flexibility index (Phi) is 7.91. The largest absolute Gasteiger partial charge is 0.356 e. The minimum absolute atomic E-state index is 0.826. The van der Waals surface area contributed by atoms with Crippen molar-refractivity contribution in [2.75, 3.05) is 24.2 Å². The molecule has 2 N–H and O–H groups in total. The van der Waals surface area contributed by atoms with E-state index in [0.717, 1.165) is 60.2 Å². The van der Waals surface area contributed by atoms with E-state index < -0.39 is 0 Å². The molecule has 0 unspecified atom stereocenters. The molecule has 0 bridgehead atoms. The van der Waals surface area contributed by atoms with Gasteiger partial charge in [-0.1, -0.05) is 24.1 Å². The minimum atomic E-state index is 0.826. The lowest BCUT2D eigenvalue weighted by Gasteiger charge is -2.18. The van der Waals surface area contributed by atoms with E-state index in [4.69, 9.17) is 6.42 Å². The molecule has 0 radical (unpaired) electrons. The average molecular weight is 457 g/mol. The summed E-state index contributed by atoms with van der Waals surface area (Å²) in [6, 6.07) is 11.0. The van der Waals surface area contributed by atoms with Crippen LogP contribution in [0, 0.1) is 19.3 Å². The molecule has 33 heavy (non-hydrogen) atoms. The molecule has 0 amide bonds. The van der Waals surface area contributed by atoms with Gasteiger partial charge >= 0.3 is 0 Å². The van der Waals surface area contributed by atoms with Crippen molar-refractivity contribution in [2.24, 2.45) is 9.98 Å². The molecule has 1 aliphatic heterocycles. The second-order valence-electron chi connectivity index (χ2n) is 8.58. The zero-order valence-electron chi connectivity index (χ0n) is 19.4. The highest BCUT2D eigenvalue weighted by Crippen LogP contribution is 2.28. The second-order valence-corrected chi connectivity index (χ2v) is 9.55. The number of terminal acetylenes is 1. The van der Waals surface area contributed by atoms with E-state index in [0.29, 0.717) is 0 Å². The van der Waals surface area contributed by atoms with Crippen LogP contribution in [0.2, 0.25) is 0 Å². The summed E-state index contributed by atoms with van der Waals surface area (Å²) in [5.74, 6) is 4.62. The smallest absolute Gasteiger partial charge is 0.195 e. The van der Waals surface area contributed by atoms with Gasteiger partial charge in [0.2, 0.25) is 0 Å². The van der Waals surface area contributed by atoms with Gasteiger partial charge in [0, 0.05) is 35.7 Å². The fourth-order valence-corrected chi connectivity index (χ4v) is 5.21. The van der Waals surface area contributed by atoms with Crippen LogP contribution in [0.4, 0.5) is 5.69 Å². The number of hydrogen-bond acceptors (Lipinski definition) is 5. The number of nitrogens with zero attached hydrogens (tertiary/aromatic N) is 2. The third-order valence-corrected chi connectivity index (χ3v) is 7.08. The molecular weight excluding hydrogens is 424 g/mol. The van der Waals surface area contributed by atoms with Crippen LogP contribution >= 0.6 is 11.8 Å². The number of thioether (sulfide) groups is 1. The number of aryl methyl sites for hydroxylation is 4. The molecule has 0 atom stereocenters. The Morgan fingerprint density at radius 2 is 2.09 bits per heavy atom. The Balaban J connectivity index is 1.40. The zero-order valence-corrected chi connectivity index (χ0v) is 20.2. The van der Waals surface area contributed by atoms with Crippen molar-refractivity contribution in [2.45, 2.75) is 45.4 Å². The molecule has 4 nitrogen and oxygen atoms in total. The van der Waals surface area contributed by atoms with Crippen LogP contribution in [-0.2, 0) is 19.3 Å². The van der Waals surface area contributed by atoms with Gasteiger partial charge in [0.15, 0.2) is 5.96 Å². The van der Waals surface area contributed by atoms with E-state index in [-0.39, 0.29) is 0 Å². The number of hydrogen-bond donors (Lipinski definition) is 2. The van der Waals surface area contributed by atoms with Crippen molar-refractivity contribution in [3.63, 3.8) is 0 Å². The van der Waals surface area contributed by atoms with Gasteiger partial charge in [-0.05, 0) is 92.0 Å². The topological polar surface area (TPSA) is 48.8 Å². The van der Waals surface area contributed by atoms with Crippen LogP contribution < -0.4 is 10.6 Å². The van der Waals surface area contributed by atoms with Crippen molar-refractivity contribution < 1.29 is 0 Å². The van der Waals surface area contributed by atoms with Gasteiger partial charge in [0.25, 0.3) is 0 Å². The number of benzene rings is 2. The Morgan fingerprint density at radius 3 is 2.85 bits per heavy atom. The van der Waals surface area contributed by atoms with E-state index >= 15 is 0 Å². The van der Waals surface area contributed by atoms with Crippen molar-refractivity contribution in [3.05, 3.63) is 69.1 Å². The maximum Gasteiger partial charge on any atom is 0.195 e. The zero-order chi connectivity index (χ0) is 23.0. The standard InChI is InChI=1S/C28H32N4S/c1-4-21-18-26(32-28-30-13-7-14-31-28)20(2)16-24(21)12-15-33-19-27(29-3)25-11-10-22-8-5-6-9-23(22)17-25/h1,10-11,16-19H,3,5-9,12-15H2,2H3,(H2,30,31,32)/b27-19-. The van der Waals surface area contributed by atoms with Crippen LogP contribution in [0.5, 0.6) is 0 Å². The molecule has 1 heterocycles. The lowest BCUT2D eigenvalue weighted by molar-refractivity contribution is 0.685. The molecule has 170 valence electrons. The molecule has 2 aromatic rings. The number of rotatable bonds is 7. The summed E-state index contributed by atoms with van der Waals surface area (Å²) in [5, 5.41) is 8.82. The fraction of sp³-hybridized carbons (Fsp3) is 0.357. The van der Waals surface area contributed by atoms with Crippen LogP contribution in [0.15, 0.2) is 45.7 Å². The second kappa shape index (κ2) is 11.2. The molecule has 0 aromatic heterocycles. The summed E-state index contributed by atoms with van der Waals surface area (Å²) in [4.78, 5) is 8.80. The lowest BCUT2D eigenvalue weighted by Crippen LogP contribution is -2.35. The van der Waals surface area contributed by atoms with E-state index in [9.17, 15) is 0 Å². The minimum Gasteiger partial charge on any atom is -0.356 e. The first kappa shape index (κ1) is 23.2. The molecule has 2 aliphatic rings. The molecule has 1 aliphatic carbocycles. The van der Waals surface area contributed by atoms with E-state index in [1.807, 2.05) is 0 Å². The summed E-state index contributed by atoms with van der Waals surface area (Å²) in [5.41, 5.74) is 9.37. The third-order valence-electron chi connectivity index (χ3n) is 6.25. The van der Waals surface area contributed by atoms with E-state index in [2.05, 4.69) is 75.9 Å². The summed E-state index contributed by atoms with van der Waals surface area (Å²) >= 11 is 1.76. The molecule has 0 fully saturated rings. The number of nitrogens with one attached hydrogen (secondary N) is 2. The van der Waals surface area contributed by atoms with Gasteiger partial charge in [-0.3, -0.25) is 9.98 Å². The van der Waals surface area contributed by atoms with Gasteiger partial charge in [-0.25, -0.2) is 0 Å². The number of fused-ring (bicyclic) bond motifs is 1. The monoisotopic (exact) mass is 456 g/mol. The van der Waals surface area contributed by atoms with Gasteiger partial charge in [0.1, 0.15) is 0 Å². The summed E-state index contributed by atoms with van der Waals surface area (Å²) < 4.78 is 0. The van der Waals surface area contributed by atoms with Gasteiger partial charge in [-0.15, -0.1) is 18.2 Å². The van der Waals surface area contributed by atoms with Crippen LogP contribution in [0.3, 0.4) is 0 Å². The fourth-order valence-electron chi connectivity index (χ4n) is 4.38. The number of anilines is 1. The van der Waals surface area contributed by atoms with E-state index in [1.54, 1.807) is 11.8 Å². The first-order valence-electron chi connectivity index (χ1n) is 11.7. The van der Waals surface area contributed by atoms with Crippen LogP contribution in [-0.4, -0.2) is 31.5 Å². The predicted octanol–water partition coefficient (Wildman–Crippen LogP) is 5.59.